The van der Waals surface area contributed by atoms with Crippen molar-refractivity contribution in [3.05, 3.63) is 0 Å². The van der Waals surface area contributed by atoms with Crippen LogP contribution < -0.4 is 0 Å². The van der Waals surface area contributed by atoms with Gasteiger partial charge in [-0.1, -0.05) is 48.0 Å². The Morgan fingerprint density at radius 2 is 1.38 bits per heavy atom. The normalized spacial score (nSPS) is 17.8. The summed E-state index contributed by atoms with van der Waals surface area (Å²) in [6, 6.07) is 0. The topological polar surface area (TPSA) is 12.5 Å². The average Bonchev–Trinajstić information content (AvgIpc) is 2.34. The highest BCUT2D eigenvalue weighted by Gasteiger charge is 2.08. The van der Waals surface area contributed by atoms with Crippen molar-refractivity contribution in [1.29, 1.82) is 0 Å². The van der Waals surface area contributed by atoms with Gasteiger partial charge in [0.25, 0.3) is 0 Å². The zero-order valence-electron chi connectivity index (χ0n) is 10.4. The molecule has 1 saturated heterocycles. The van der Waals surface area contributed by atoms with Crippen molar-refractivity contribution in [2.24, 2.45) is 0 Å². The van der Waals surface area contributed by atoms with Gasteiger partial charge in [0.05, 0.1) is 13.2 Å². The predicted octanol–water partition coefficient (Wildman–Crippen LogP) is 3.44. The predicted molar refractivity (Wildman–Crippen MR) is 73.4 cm³/mol. The largest absolute Gasteiger partial charge is 0.379 e. The molecule has 1 rings (SSSR count). The van der Waals surface area contributed by atoms with E-state index in [-0.39, 0.29) is 0 Å². The van der Waals surface area contributed by atoms with E-state index in [1.54, 1.807) is 0 Å². The minimum atomic E-state index is 0.937. The maximum atomic E-state index is 5.34. The summed E-state index contributed by atoms with van der Waals surface area (Å²) >= 11 is 3.47. The number of ether oxygens (including phenoxy) is 1. The van der Waals surface area contributed by atoms with Gasteiger partial charge in [-0.3, -0.25) is 4.90 Å². The lowest BCUT2D eigenvalue weighted by Gasteiger charge is -2.26. The first-order valence-electron chi connectivity index (χ1n) is 6.79. The van der Waals surface area contributed by atoms with Gasteiger partial charge in [-0.25, -0.2) is 0 Å². The van der Waals surface area contributed by atoms with Crippen molar-refractivity contribution in [2.75, 3.05) is 38.2 Å². The SMILES string of the molecule is BrCCCCCCCCCN1CCOCC1. The molecular formula is C13H26BrNO. The Bertz CT molecular complexity index is 149. The van der Waals surface area contributed by atoms with Crippen LogP contribution in [-0.4, -0.2) is 43.1 Å². The second kappa shape index (κ2) is 10.5. The molecule has 16 heavy (non-hydrogen) atoms. The van der Waals surface area contributed by atoms with E-state index < -0.39 is 0 Å². The quantitative estimate of drug-likeness (QED) is 0.477. The van der Waals surface area contributed by atoms with E-state index >= 15 is 0 Å². The maximum absolute atomic E-state index is 5.34. The molecule has 0 N–H and O–H groups in total. The van der Waals surface area contributed by atoms with Gasteiger partial charge in [0.1, 0.15) is 0 Å². The molecule has 1 fully saturated rings. The van der Waals surface area contributed by atoms with Gasteiger partial charge >= 0.3 is 0 Å². The van der Waals surface area contributed by atoms with Gasteiger partial charge in [0, 0.05) is 18.4 Å². The van der Waals surface area contributed by atoms with Gasteiger partial charge in [0.2, 0.25) is 0 Å². The third-order valence-electron chi connectivity index (χ3n) is 3.21. The number of halogens is 1. The highest BCUT2D eigenvalue weighted by atomic mass is 79.9. The van der Waals surface area contributed by atoms with Crippen LogP contribution in [0.2, 0.25) is 0 Å². The molecule has 0 spiro atoms. The van der Waals surface area contributed by atoms with Crippen LogP contribution in [0, 0.1) is 0 Å². The van der Waals surface area contributed by atoms with E-state index in [9.17, 15) is 0 Å². The minimum absolute atomic E-state index is 0.937. The van der Waals surface area contributed by atoms with Crippen molar-refractivity contribution in [2.45, 2.75) is 44.9 Å². The Hall–Kier alpha value is 0.400. The van der Waals surface area contributed by atoms with E-state index in [1.165, 1.54) is 56.8 Å². The summed E-state index contributed by atoms with van der Waals surface area (Å²) in [5, 5.41) is 1.17. The Labute approximate surface area is 109 Å². The molecule has 0 atom stereocenters. The Kier molecular flexibility index (Phi) is 9.53. The Morgan fingerprint density at radius 3 is 2.00 bits per heavy atom. The molecule has 2 nitrogen and oxygen atoms in total. The molecule has 0 bridgehead atoms. The van der Waals surface area contributed by atoms with Crippen LogP contribution in [0.5, 0.6) is 0 Å². The lowest BCUT2D eigenvalue weighted by Crippen LogP contribution is -2.36. The summed E-state index contributed by atoms with van der Waals surface area (Å²) in [4.78, 5) is 2.54. The van der Waals surface area contributed by atoms with Gasteiger partial charge in [-0.15, -0.1) is 0 Å². The van der Waals surface area contributed by atoms with Gasteiger partial charge in [0.15, 0.2) is 0 Å². The van der Waals surface area contributed by atoms with Crippen LogP contribution in [-0.2, 0) is 4.74 Å². The van der Waals surface area contributed by atoms with Gasteiger partial charge < -0.3 is 4.74 Å². The van der Waals surface area contributed by atoms with Crippen LogP contribution >= 0.6 is 15.9 Å². The fraction of sp³-hybridized carbons (Fsp3) is 1.00. The van der Waals surface area contributed by atoms with Crippen LogP contribution in [0.4, 0.5) is 0 Å². The van der Waals surface area contributed by atoms with Crippen LogP contribution in [0.3, 0.4) is 0 Å². The number of rotatable bonds is 9. The lowest BCUT2D eigenvalue weighted by molar-refractivity contribution is 0.0371. The van der Waals surface area contributed by atoms with E-state index in [4.69, 9.17) is 4.74 Å². The summed E-state index contributed by atoms with van der Waals surface area (Å²) in [5.74, 6) is 0. The molecule has 0 unspecified atom stereocenters. The van der Waals surface area contributed by atoms with E-state index in [0.29, 0.717) is 0 Å². The number of unbranched alkanes of at least 4 members (excludes halogenated alkanes) is 6. The van der Waals surface area contributed by atoms with Crippen LogP contribution in [0.1, 0.15) is 44.9 Å². The summed E-state index contributed by atoms with van der Waals surface area (Å²) in [6.45, 7) is 5.44. The molecule has 0 saturated carbocycles. The van der Waals surface area contributed by atoms with Gasteiger partial charge in [-0.05, 0) is 19.4 Å². The van der Waals surface area contributed by atoms with Crippen molar-refractivity contribution in [3.63, 3.8) is 0 Å². The molecule has 96 valence electrons. The molecule has 3 heteroatoms. The van der Waals surface area contributed by atoms with Crippen molar-refractivity contribution in [3.8, 4) is 0 Å². The molecule has 0 aromatic carbocycles. The Balaban J connectivity index is 1.77. The number of hydrogen-bond acceptors (Lipinski definition) is 2. The van der Waals surface area contributed by atoms with Crippen molar-refractivity contribution in [1.82, 2.24) is 4.90 Å². The number of hydrogen-bond donors (Lipinski definition) is 0. The highest BCUT2D eigenvalue weighted by molar-refractivity contribution is 9.09. The van der Waals surface area contributed by atoms with Crippen LogP contribution in [0.25, 0.3) is 0 Å². The smallest absolute Gasteiger partial charge is 0.0594 e. The molecule has 0 radical (unpaired) electrons. The molecule has 1 aliphatic heterocycles. The fourth-order valence-corrected chi connectivity index (χ4v) is 2.54. The summed E-state index contributed by atoms with van der Waals surface area (Å²) in [6.07, 6.45) is 9.79. The number of morpholine rings is 1. The van der Waals surface area contributed by atoms with Crippen LogP contribution in [0.15, 0.2) is 0 Å². The standard InChI is InChI=1S/C13H26BrNO/c14-8-6-4-2-1-3-5-7-9-15-10-12-16-13-11-15/h1-13H2. The number of nitrogens with zero attached hydrogens (tertiary/aromatic N) is 1. The second-order valence-electron chi connectivity index (χ2n) is 4.62. The molecule has 0 amide bonds. The van der Waals surface area contributed by atoms with E-state index in [1.807, 2.05) is 0 Å². The Morgan fingerprint density at radius 1 is 0.812 bits per heavy atom. The zero-order chi connectivity index (χ0) is 11.5. The van der Waals surface area contributed by atoms with Crippen molar-refractivity contribution < 1.29 is 4.74 Å². The second-order valence-corrected chi connectivity index (χ2v) is 5.41. The number of alkyl halides is 1. The lowest BCUT2D eigenvalue weighted by atomic mass is 10.1. The molecule has 0 aliphatic carbocycles. The average molecular weight is 292 g/mol. The maximum Gasteiger partial charge on any atom is 0.0594 e. The first-order valence-corrected chi connectivity index (χ1v) is 7.91. The molecule has 1 heterocycles. The zero-order valence-corrected chi connectivity index (χ0v) is 12.0. The third kappa shape index (κ3) is 7.64. The molecular weight excluding hydrogens is 266 g/mol. The molecule has 1 aliphatic rings. The monoisotopic (exact) mass is 291 g/mol. The first-order chi connectivity index (χ1) is 7.93. The summed E-state index contributed by atoms with van der Waals surface area (Å²) < 4.78 is 5.34. The summed E-state index contributed by atoms with van der Waals surface area (Å²) in [5.41, 5.74) is 0. The third-order valence-corrected chi connectivity index (χ3v) is 3.77. The van der Waals surface area contributed by atoms with E-state index in [0.717, 1.165) is 26.3 Å². The molecule has 0 aromatic heterocycles. The molecule has 0 aromatic rings. The fourth-order valence-electron chi connectivity index (χ4n) is 2.14. The van der Waals surface area contributed by atoms with Crippen molar-refractivity contribution >= 4 is 15.9 Å². The first kappa shape index (κ1) is 14.5. The minimum Gasteiger partial charge on any atom is -0.379 e. The van der Waals surface area contributed by atoms with E-state index in [2.05, 4.69) is 20.8 Å². The van der Waals surface area contributed by atoms with Gasteiger partial charge in [-0.2, -0.15) is 0 Å². The highest BCUT2D eigenvalue weighted by Crippen LogP contribution is 2.09. The summed E-state index contributed by atoms with van der Waals surface area (Å²) in [7, 11) is 0.